The molecule has 0 saturated heterocycles. The molecule has 2 fully saturated rings. The van der Waals surface area contributed by atoms with Gasteiger partial charge in [0, 0.05) is 11.6 Å². The summed E-state index contributed by atoms with van der Waals surface area (Å²) in [6.07, 6.45) is 3.79. The molecule has 2 N–H and O–H groups in total. The van der Waals surface area contributed by atoms with E-state index in [9.17, 15) is 0 Å². The monoisotopic (exact) mass is 184 g/mol. The van der Waals surface area contributed by atoms with Gasteiger partial charge in [0.25, 0.3) is 0 Å². The van der Waals surface area contributed by atoms with Crippen molar-refractivity contribution in [1.29, 1.82) is 0 Å². The Hall–Kier alpha value is -0.310. The molecule has 0 heterocycles. The molecule has 0 radical (unpaired) electrons. The second kappa shape index (κ2) is 2.59. The van der Waals surface area contributed by atoms with Gasteiger partial charge in [0.2, 0.25) is 0 Å². The molecule has 2 saturated carbocycles. The van der Waals surface area contributed by atoms with Gasteiger partial charge in [-0.15, -0.1) is 0 Å². The predicted octanol–water partition coefficient (Wildman–Crippen LogP) is 1.41. The lowest BCUT2D eigenvalue weighted by molar-refractivity contribution is 0.648. The molecule has 2 nitrogen and oxygen atoms in total. The normalized spacial score (nSPS) is 35.5. The number of rotatable bonds is 2. The van der Waals surface area contributed by atoms with Crippen LogP contribution in [0.25, 0.3) is 0 Å². The maximum absolute atomic E-state index is 5.19. The molecule has 0 aromatic heterocycles. The zero-order valence-corrected chi connectivity index (χ0v) is 8.50. The van der Waals surface area contributed by atoms with Crippen molar-refractivity contribution in [3.05, 3.63) is 0 Å². The molecule has 68 valence electrons. The topological polar surface area (TPSA) is 24.1 Å². The Kier molecular flexibility index (Phi) is 1.79. The van der Waals surface area contributed by atoms with E-state index in [4.69, 9.17) is 12.2 Å². The first-order valence-electron chi connectivity index (χ1n) is 4.68. The summed E-state index contributed by atoms with van der Waals surface area (Å²) in [5.41, 5.74) is 0.322. The highest BCUT2D eigenvalue weighted by atomic mass is 32.1. The second-order valence-electron chi connectivity index (χ2n) is 4.48. The third-order valence-corrected chi connectivity index (χ3v) is 3.06. The fraction of sp³-hybridized carbons (Fsp3) is 0.889. The molecule has 0 aromatic rings. The smallest absolute Gasteiger partial charge is 0.166 e. The summed E-state index contributed by atoms with van der Waals surface area (Å²) in [6, 6.07) is 0.646. The number of hydrogen-bond donors (Lipinski definition) is 2. The highest BCUT2D eigenvalue weighted by molar-refractivity contribution is 7.80. The summed E-state index contributed by atoms with van der Waals surface area (Å²) in [4.78, 5) is 0. The van der Waals surface area contributed by atoms with Gasteiger partial charge >= 0.3 is 0 Å². The molecule has 0 bridgehead atoms. The lowest BCUT2D eigenvalue weighted by atomic mass is 10.3. The molecule has 2 unspecified atom stereocenters. The average Bonchev–Trinajstić information content (AvgIpc) is 2.78. The number of hydrogen-bond acceptors (Lipinski definition) is 1. The van der Waals surface area contributed by atoms with Gasteiger partial charge in [-0.25, -0.2) is 0 Å². The summed E-state index contributed by atoms with van der Waals surface area (Å²) in [7, 11) is 0. The second-order valence-corrected chi connectivity index (χ2v) is 4.89. The highest BCUT2D eigenvalue weighted by Gasteiger charge is 2.39. The van der Waals surface area contributed by atoms with Gasteiger partial charge in [0.05, 0.1) is 0 Å². The molecule has 2 aliphatic carbocycles. The minimum absolute atomic E-state index is 0.322. The SMILES string of the molecule is CC1CC1NC(=S)NC1(C)CC1. The van der Waals surface area contributed by atoms with E-state index in [2.05, 4.69) is 24.5 Å². The van der Waals surface area contributed by atoms with E-state index in [0.29, 0.717) is 11.6 Å². The molecule has 0 spiro atoms. The van der Waals surface area contributed by atoms with Crippen molar-refractivity contribution in [1.82, 2.24) is 10.6 Å². The van der Waals surface area contributed by atoms with E-state index in [-0.39, 0.29) is 0 Å². The summed E-state index contributed by atoms with van der Waals surface area (Å²) >= 11 is 5.19. The maximum Gasteiger partial charge on any atom is 0.166 e. The van der Waals surface area contributed by atoms with Crippen LogP contribution in [0, 0.1) is 5.92 Å². The van der Waals surface area contributed by atoms with Crippen LogP contribution in [0.5, 0.6) is 0 Å². The van der Waals surface area contributed by atoms with Gasteiger partial charge in [0.1, 0.15) is 0 Å². The largest absolute Gasteiger partial charge is 0.360 e. The van der Waals surface area contributed by atoms with Crippen molar-refractivity contribution in [2.75, 3.05) is 0 Å². The molecule has 0 aliphatic heterocycles. The molecule has 12 heavy (non-hydrogen) atoms. The van der Waals surface area contributed by atoms with Crippen molar-refractivity contribution in [3.63, 3.8) is 0 Å². The summed E-state index contributed by atoms with van der Waals surface area (Å²) in [5.74, 6) is 0.816. The number of thiocarbonyl (C=S) groups is 1. The lowest BCUT2D eigenvalue weighted by Crippen LogP contribution is -2.43. The van der Waals surface area contributed by atoms with Crippen molar-refractivity contribution >= 4 is 17.3 Å². The van der Waals surface area contributed by atoms with Crippen LogP contribution in [-0.4, -0.2) is 16.7 Å². The quantitative estimate of drug-likeness (QED) is 0.635. The van der Waals surface area contributed by atoms with E-state index >= 15 is 0 Å². The molecule has 0 aromatic carbocycles. The Bertz CT molecular complexity index is 211. The van der Waals surface area contributed by atoms with Gasteiger partial charge in [-0.1, -0.05) is 6.92 Å². The Morgan fingerprint density at radius 3 is 2.50 bits per heavy atom. The minimum Gasteiger partial charge on any atom is -0.360 e. The van der Waals surface area contributed by atoms with Crippen molar-refractivity contribution in [2.45, 2.75) is 44.7 Å². The Morgan fingerprint density at radius 2 is 2.08 bits per heavy atom. The van der Waals surface area contributed by atoms with E-state index in [1.54, 1.807) is 0 Å². The zero-order chi connectivity index (χ0) is 8.77. The fourth-order valence-corrected chi connectivity index (χ4v) is 1.71. The number of nitrogens with one attached hydrogen (secondary N) is 2. The summed E-state index contributed by atoms with van der Waals surface area (Å²) in [6.45, 7) is 4.47. The van der Waals surface area contributed by atoms with Gasteiger partial charge in [-0.2, -0.15) is 0 Å². The van der Waals surface area contributed by atoms with Crippen LogP contribution in [0.15, 0.2) is 0 Å². The van der Waals surface area contributed by atoms with Crippen LogP contribution in [0.1, 0.15) is 33.1 Å². The lowest BCUT2D eigenvalue weighted by Gasteiger charge is -2.15. The van der Waals surface area contributed by atoms with Crippen LogP contribution in [-0.2, 0) is 0 Å². The Morgan fingerprint density at radius 1 is 1.50 bits per heavy atom. The van der Waals surface area contributed by atoms with Gasteiger partial charge in [0.15, 0.2) is 5.11 Å². The molecule has 0 amide bonds. The highest BCUT2D eigenvalue weighted by Crippen LogP contribution is 2.34. The van der Waals surface area contributed by atoms with Gasteiger partial charge in [-0.05, 0) is 44.3 Å². The molecule has 2 aliphatic rings. The van der Waals surface area contributed by atoms with E-state index < -0.39 is 0 Å². The Labute approximate surface area is 79.1 Å². The van der Waals surface area contributed by atoms with Crippen LogP contribution >= 0.6 is 12.2 Å². The van der Waals surface area contributed by atoms with E-state index in [1.807, 2.05) is 0 Å². The molecule has 3 heteroatoms. The molecule has 2 atom stereocenters. The molecular weight excluding hydrogens is 168 g/mol. The van der Waals surface area contributed by atoms with E-state index in [0.717, 1.165) is 11.0 Å². The average molecular weight is 184 g/mol. The van der Waals surface area contributed by atoms with Gasteiger partial charge in [-0.3, -0.25) is 0 Å². The summed E-state index contributed by atoms with van der Waals surface area (Å²) in [5, 5.41) is 7.51. The third kappa shape index (κ3) is 1.89. The van der Waals surface area contributed by atoms with Crippen LogP contribution in [0.2, 0.25) is 0 Å². The standard InChI is InChI=1S/C9H16N2S/c1-6-5-7(6)10-8(12)11-9(2)3-4-9/h6-7H,3-5H2,1-2H3,(H2,10,11,12). The van der Waals surface area contributed by atoms with Crippen LogP contribution < -0.4 is 10.6 Å². The van der Waals surface area contributed by atoms with Gasteiger partial charge < -0.3 is 10.6 Å². The first-order chi connectivity index (χ1) is 5.59. The molecule has 2 rings (SSSR count). The van der Waals surface area contributed by atoms with Crippen LogP contribution in [0.3, 0.4) is 0 Å². The van der Waals surface area contributed by atoms with Crippen molar-refractivity contribution in [3.8, 4) is 0 Å². The van der Waals surface area contributed by atoms with Crippen molar-refractivity contribution < 1.29 is 0 Å². The first kappa shape index (κ1) is 8.30. The van der Waals surface area contributed by atoms with E-state index in [1.165, 1.54) is 19.3 Å². The molecular formula is C9H16N2S. The summed E-state index contributed by atoms with van der Waals surface area (Å²) < 4.78 is 0. The third-order valence-electron chi connectivity index (χ3n) is 2.84. The predicted molar refractivity (Wildman–Crippen MR) is 54.1 cm³/mol. The fourth-order valence-electron chi connectivity index (χ4n) is 1.31. The van der Waals surface area contributed by atoms with Crippen LogP contribution in [0.4, 0.5) is 0 Å². The Balaban J connectivity index is 1.71. The first-order valence-corrected chi connectivity index (χ1v) is 5.09. The zero-order valence-electron chi connectivity index (χ0n) is 7.68. The van der Waals surface area contributed by atoms with Crippen molar-refractivity contribution in [2.24, 2.45) is 5.92 Å². The minimum atomic E-state index is 0.322. The maximum atomic E-state index is 5.19.